The van der Waals surface area contributed by atoms with Gasteiger partial charge in [0.05, 0.1) is 5.56 Å². The first-order valence-corrected chi connectivity index (χ1v) is 11.4. The molecule has 1 atom stereocenters. The molecule has 14 heteroatoms. The molecule has 1 unspecified atom stereocenters. The Kier molecular flexibility index (Phi) is 13.4. The monoisotopic (exact) mass is 578 g/mol. The summed E-state index contributed by atoms with van der Waals surface area (Å²) >= 11 is 0. The molecule has 162 valence electrons. The first kappa shape index (κ1) is 34.0. The fraction of sp³-hybridized carbons (Fsp3) is 0.0500. The third-order valence-electron chi connectivity index (χ3n) is 4.78. The molecule has 0 radical (unpaired) electrons. The minimum absolute atomic E-state index is 0. The predicted octanol–water partition coefficient (Wildman–Crippen LogP) is -6.10. The number of carbonyl (C=O) groups is 1. The quantitative estimate of drug-likeness (QED) is 0.177. The van der Waals surface area contributed by atoms with Crippen molar-refractivity contribution in [1.29, 1.82) is 0 Å². The van der Waals surface area contributed by atoms with E-state index in [9.17, 15) is 26.9 Å². The molecule has 3 aromatic carbocycles. The van der Waals surface area contributed by atoms with Gasteiger partial charge in [-0.1, -0.05) is 54.6 Å². The van der Waals surface area contributed by atoms with Crippen molar-refractivity contribution < 1.29 is 194 Å². The van der Waals surface area contributed by atoms with Crippen molar-refractivity contribution in [2.75, 3.05) is 0 Å². The van der Waals surface area contributed by atoms with Crippen molar-refractivity contribution in [3.63, 3.8) is 0 Å². The fourth-order valence-electron chi connectivity index (χ4n) is 3.54. The van der Waals surface area contributed by atoms with Gasteiger partial charge in [0, 0.05) is 16.7 Å². The molecule has 3 aromatic rings. The Labute approximate surface area is 325 Å². The van der Waals surface area contributed by atoms with E-state index in [1.54, 1.807) is 24.3 Å². The number of benzene rings is 3. The molecule has 0 aromatic heterocycles. The number of fused-ring (bicyclic) bond motifs is 1. The van der Waals surface area contributed by atoms with Crippen LogP contribution in [0.15, 0.2) is 77.7 Å². The van der Waals surface area contributed by atoms with Crippen molar-refractivity contribution in [3.05, 3.63) is 95.1 Å². The standard InChI is InChI=1S/C20H16O9S2.3K/c21-19-17-3-1-2-4-18(17)20(28-19,14-7-11-16(12-8-14)30(22,23)24)13-5-9-15(10-6-13)29-31(25,26)27;;;/h1-12,22-24H,(H,25,26,27);;;/q;3*+1/p-3. The van der Waals surface area contributed by atoms with Crippen molar-refractivity contribution in [2.45, 2.75) is 10.5 Å². The second-order valence-electron chi connectivity index (χ2n) is 6.63. The first-order chi connectivity index (χ1) is 14.5. The van der Waals surface area contributed by atoms with Crippen LogP contribution < -0.4 is 158 Å². The number of hydrogen-bond acceptors (Lipinski definition) is 8. The van der Waals surface area contributed by atoms with Gasteiger partial charge in [-0.05, 0) is 23.1 Å². The Bertz CT molecular complexity index is 1260. The molecule has 9 nitrogen and oxygen atoms in total. The minimum Gasteiger partial charge on any atom is -0.831 e. The van der Waals surface area contributed by atoms with Gasteiger partial charge in [0.1, 0.15) is 5.75 Å². The zero-order chi connectivity index (χ0) is 22.4. The van der Waals surface area contributed by atoms with Crippen molar-refractivity contribution >= 4 is 27.2 Å². The van der Waals surface area contributed by atoms with E-state index >= 15 is 0 Å². The van der Waals surface area contributed by atoms with Crippen molar-refractivity contribution in [3.8, 4) is 5.75 Å². The van der Waals surface area contributed by atoms with Crippen LogP contribution in [0, 0.1) is 0 Å². The zero-order valence-electron chi connectivity index (χ0n) is 18.5. The van der Waals surface area contributed by atoms with Crippen molar-refractivity contribution in [2.24, 2.45) is 0 Å². The Morgan fingerprint density at radius 3 is 1.79 bits per heavy atom. The maximum Gasteiger partial charge on any atom is 1.00 e. The Balaban J connectivity index is 0.00000193. The van der Waals surface area contributed by atoms with Gasteiger partial charge in [-0.3, -0.25) is 4.55 Å². The molecule has 1 heterocycles. The summed E-state index contributed by atoms with van der Waals surface area (Å²) in [5.41, 5.74) is 0.0329. The topological polar surface area (TPSA) is 159 Å². The molecular weight excluding hydrogens is 566 g/mol. The van der Waals surface area contributed by atoms with Crippen LogP contribution in [0.2, 0.25) is 0 Å². The summed E-state index contributed by atoms with van der Waals surface area (Å²) in [6, 6.07) is 17.0. The number of ether oxygens (including phenoxy) is 1. The zero-order valence-corrected chi connectivity index (χ0v) is 29.5. The summed E-state index contributed by atoms with van der Waals surface area (Å²) in [7, 11) is -9.40. The summed E-state index contributed by atoms with van der Waals surface area (Å²) in [5.74, 6) is -0.791. The molecular formula is C20H13K3O9S2. The molecule has 34 heavy (non-hydrogen) atoms. The average molecular weight is 579 g/mol. The van der Waals surface area contributed by atoms with Crippen molar-refractivity contribution in [1.82, 2.24) is 0 Å². The number of esters is 1. The molecule has 4 rings (SSSR count). The molecule has 1 aliphatic rings. The molecule has 0 saturated carbocycles. The van der Waals surface area contributed by atoms with E-state index in [1.807, 2.05) is 0 Å². The number of rotatable bonds is 5. The van der Waals surface area contributed by atoms with E-state index in [0.717, 1.165) is 12.1 Å². The van der Waals surface area contributed by atoms with Gasteiger partial charge in [0.15, 0.2) is 5.60 Å². The van der Waals surface area contributed by atoms with Gasteiger partial charge >= 0.3 is 171 Å². The Hall–Kier alpha value is 1.98. The van der Waals surface area contributed by atoms with E-state index in [-0.39, 0.29) is 160 Å². The van der Waals surface area contributed by atoms with Gasteiger partial charge in [-0.2, -0.15) is 8.42 Å². The second-order valence-corrected chi connectivity index (χ2v) is 9.03. The van der Waals surface area contributed by atoms with Crippen LogP contribution in [0.5, 0.6) is 5.75 Å². The Morgan fingerprint density at radius 2 is 1.29 bits per heavy atom. The second kappa shape index (κ2) is 13.4. The number of carbonyl (C=O) groups excluding carboxylic acids is 1. The molecule has 0 spiro atoms. The number of cyclic esters (lactones) is 1. The van der Waals surface area contributed by atoms with E-state index in [1.165, 1.54) is 36.4 Å². The normalized spacial score (nSPS) is 17.2. The van der Waals surface area contributed by atoms with E-state index in [4.69, 9.17) is 9.29 Å². The summed E-state index contributed by atoms with van der Waals surface area (Å²) in [6.07, 6.45) is 0. The summed E-state index contributed by atoms with van der Waals surface area (Å²) in [5, 5.41) is 0. The van der Waals surface area contributed by atoms with Crippen LogP contribution in [-0.2, 0) is 20.7 Å². The Morgan fingerprint density at radius 1 is 0.794 bits per heavy atom. The summed E-state index contributed by atoms with van der Waals surface area (Å²) in [6.45, 7) is 0. The summed E-state index contributed by atoms with van der Waals surface area (Å²) < 4.78 is 74.8. The molecule has 1 N–H and O–H groups in total. The molecule has 0 amide bonds. The molecule has 0 saturated heterocycles. The first-order valence-electron chi connectivity index (χ1n) is 8.67. The predicted molar refractivity (Wildman–Crippen MR) is 105 cm³/mol. The molecule has 1 aliphatic heterocycles. The maximum absolute atomic E-state index is 12.6. The van der Waals surface area contributed by atoms with Crippen LogP contribution in [0.4, 0.5) is 0 Å². The third kappa shape index (κ3) is 7.34. The van der Waals surface area contributed by atoms with E-state index < -0.39 is 37.7 Å². The SMILES string of the molecule is O=C1OC(c2ccc(OS(=O)(=O)O)cc2)(c2ccc(S([O-])([O-])[O-])cc2)c2ccccc21.[K+].[K+].[K+]. The van der Waals surface area contributed by atoms with Gasteiger partial charge in [0.2, 0.25) is 0 Å². The largest absolute Gasteiger partial charge is 1.00 e. The van der Waals surface area contributed by atoms with Crippen LogP contribution in [0.3, 0.4) is 0 Å². The van der Waals surface area contributed by atoms with E-state index in [2.05, 4.69) is 4.18 Å². The maximum atomic E-state index is 12.6. The smallest absolute Gasteiger partial charge is 0.831 e. The van der Waals surface area contributed by atoms with Crippen LogP contribution in [0.25, 0.3) is 0 Å². The molecule has 0 bridgehead atoms. The summed E-state index contributed by atoms with van der Waals surface area (Å²) in [4.78, 5) is 12.2. The average Bonchev–Trinajstić information content (AvgIpc) is 3.01. The minimum atomic E-state index is -4.72. The van der Waals surface area contributed by atoms with E-state index in [0.29, 0.717) is 22.3 Å². The fourth-order valence-corrected chi connectivity index (χ4v) is 4.36. The van der Waals surface area contributed by atoms with Crippen LogP contribution in [0.1, 0.15) is 27.0 Å². The van der Waals surface area contributed by atoms with Gasteiger partial charge in [0.25, 0.3) is 0 Å². The van der Waals surface area contributed by atoms with Gasteiger partial charge in [-0.15, -0.1) is 0 Å². The molecule has 0 aliphatic carbocycles. The van der Waals surface area contributed by atoms with Crippen LogP contribution >= 0.6 is 10.9 Å². The molecule has 0 fully saturated rings. The van der Waals surface area contributed by atoms with Crippen LogP contribution in [-0.4, -0.2) is 32.6 Å². The third-order valence-corrected chi connectivity index (χ3v) is 6.04. The number of hydrogen-bond donors (Lipinski definition) is 1. The van der Waals surface area contributed by atoms with Gasteiger partial charge in [-0.25, -0.2) is 4.79 Å². The van der Waals surface area contributed by atoms with Gasteiger partial charge < -0.3 is 33.4 Å².